The van der Waals surface area contributed by atoms with Gasteiger partial charge >= 0.3 is 0 Å². The SMILES string of the molecule is CSNC1CCCN(C(=O)C2CC2c2cccc(Cl)c2-c2ccccc2)C1. The highest BCUT2D eigenvalue weighted by atomic mass is 35.5. The minimum Gasteiger partial charge on any atom is -0.341 e. The van der Waals surface area contributed by atoms with Crippen LogP contribution in [0.25, 0.3) is 11.1 Å². The number of carbonyl (C=O) groups excluding carboxylic acids is 1. The summed E-state index contributed by atoms with van der Waals surface area (Å²) in [5.41, 5.74) is 3.42. The van der Waals surface area contributed by atoms with E-state index in [0.717, 1.165) is 48.5 Å². The number of hydrogen-bond donors (Lipinski definition) is 1. The number of nitrogens with zero attached hydrogens (tertiary/aromatic N) is 1. The highest BCUT2D eigenvalue weighted by molar-refractivity contribution is 7.96. The molecule has 3 atom stereocenters. The monoisotopic (exact) mass is 400 g/mol. The van der Waals surface area contributed by atoms with Crippen LogP contribution >= 0.6 is 23.5 Å². The second-order valence-electron chi connectivity index (χ2n) is 7.46. The van der Waals surface area contributed by atoms with Crippen molar-refractivity contribution >= 4 is 29.5 Å². The van der Waals surface area contributed by atoms with E-state index in [4.69, 9.17) is 11.6 Å². The molecule has 27 heavy (non-hydrogen) atoms. The molecule has 1 N–H and O–H groups in total. The van der Waals surface area contributed by atoms with Crippen molar-refractivity contribution in [3.05, 3.63) is 59.1 Å². The number of carbonyl (C=O) groups is 1. The molecule has 1 aliphatic heterocycles. The zero-order valence-electron chi connectivity index (χ0n) is 15.5. The maximum absolute atomic E-state index is 13.1. The molecule has 5 heteroatoms. The van der Waals surface area contributed by atoms with Gasteiger partial charge in [0.2, 0.25) is 5.91 Å². The molecule has 2 aliphatic rings. The van der Waals surface area contributed by atoms with Gasteiger partial charge in [-0.05, 0) is 48.6 Å². The van der Waals surface area contributed by atoms with Crippen molar-refractivity contribution in [2.75, 3.05) is 19.3 Å². The van der Waals surface area contributed by atoms with E-state index in [1.54, 1.807) is 11.9 Å². The summed E-state index contributed by atoms with van der Waals surface area (Å²) in [6.07, 6.45) is 5.19. The van der Waals surface area contributed by atoms with Crippen LogP contribution in [0, 0.1) is 5.92 Å². The van der Waals surface area contributed by atoms with E-state index in [2.05, 4.69) is 27.8 Å². The van der Waals surface area contributed by atoms with Gasteiger partial charge in [-0.3, -0.25) is 9.52 Å². The lowest BCUT2D eigenvalue weighted by molar-refractivity contribution is -0.133. The lowest BCUT2D eigenvalue weighted by Crippen LogP contribution is -2.46. The van der Waals surface area contributed by atoms with Crippen LogP contribution in [-0.2, 0) is 4.79 Å². The molecule has 3 nitrogen and oxygen atoms in total. The number of nitrogens with one attached hydrogen (secondary N) is 1. The van der Waals surface area contributed by atoms with Crippen LogP contribution in [0.2, 0.25) is 5.02 Å². The number of amides is 1. The molecule has 3 unspecified atom stereocenters. The van der Waals surface area contributed by atoms with Crippen LogP contribution in [0.1, 0.15) is 30.7 Å². The summed E-state index contributed by atoms with van der Waals surface area (Å²) in [5.74, 6) is 0.686. The fourth-order valence-electron chi connectivity index (χ4n) is 4.25. The molecule has 1 heterocycles. The van der Waals surface area contributed by atoms with Crippen LogP contribution < -0.4 is 4.72 Å². The average molecular weight is 401 g/mol. The second-order valence-corrected chi connectivity index (χ2v) is 8.52. The Morgan fingerprint density at radius 1 is 1.19 bits per heavy atom. The quantitative estimate of drug-likeness (QED) is 0.719. The molecule has 2 aromatic carbocycles. The van der Waals surface area contributed by atoms with Gasteiger partial charge in [-0.15, -0.1) is 0 Å². The molecular weight excluding hydrogens is 376 g/mol. The molecule has 4 rings (SSSR count). The molecular formula is C22H25ClN2OS. The third-order valence-electron chi connectivity index (χ3n) is 5.63. The molecule has 0 bridgehead atoms. The van der Waals surface area contributed by atoms with Gasteiger partial charge in [-0.25, -0.2) is 0 Å². The first-order valence-corrected chi connectivity index (χ1v) is 11.2. The summed E-state index contributed by atoms with van der Waals surface area (Å²) in [6.45, 7) is 1.71. The number of likely N-dealkylation sites (tertiary alicyclic amines) is 1. The lowest BCUT2D eigenvalue weighted by atomic mass is 9.95. The molecule has 0 aromatic heterocycles. The van der Waals surface area contributed by atoms with E-state index in [1.807, 2.05) is 36.6 Å². The largest absolute Gasteiger partial charge is 0.341 e. The van der Waals surface area contributed by atoms with E-state index >= 15 is 0 Å². The standard InChI is InChI=1S/C22H25ClN2OS/c1-27-24-16-9-6-12-25(14-16)22(26)19-13-18(19)17-10-5-11-20(23)21(17)15-7-3-2-4-8-15/h2-5,7-8,10-11,16,18-19,24H,6,9,12-14H2,1H3. The Hall–Kier alpha value is -1.49. The Morgan fingerprint density at radius 3 is 2.78 bits per heavy atom. The topological polar surface area (TPSA) is 32.3 Å². The summed E-state index contributed by atoms with van der Waals surface area (Å²) in [7, 11) is 0. The Balaban J connectivity index is 1.52. The van der Waals surface area contributed by atoms with Crippen LogP contribution in [0.5, 0.6) is 0 Å². The summed E-state index contributed by atoms with van der Waals surface area (Å²) in [6, 6.07) is 16.7. The molecule has 1 saturated carbocycles. The molecule has 2 fully saturated rings. The van der Waals surface area contributed by atoms with Crippen LogP contribution in [-0.4, -0.2) is 36.2 Å². The van der Waals surface area contributed by atoms with Gasteiger partial charge in [0.1, 0.15) is 0 Å². The highest BCUT2D eigenvalue weighted by Crippen LogP contribution is 2.52. The fourth-order valence-corrected chi connectivity index (χ4v) is 5.06. The minimum atomic E-state index is 0.0963. The first-order chi connectivity index (χ1) is 13.2. The third kappa shape index (κ3) is 4.03. The summed E-state index contributed by atoms with van der Waals surface area (Å²) >= 11 is 8.20. The van der Waals surface area contributed by atoms with Gasteiger partial charge in [0.25, 0.3) is 0 Å². The third-order valence-corrected chi connectivity index (χ3v) is 6.52. The fraction of sp³-hybridized carbons (Fsp3) is 0.409. The maximum Gasteiger partial charge on any atom is 0.226 e. The van der Waals surface area contributed by atoms with Gasteiger partial charge in [0.15, 0.2) is 0 Å². The van der Waals surface area contributed by atoms with Crippen molar-refractivity contribution in [2.24, 2.45) is 5.92 Å². The second kappa shape index (κ2) is 8.26. The van der Waals surface area contributed by atoms with Crippen molar-refractivity contribution in [3.8, 4) is 11.1 Å². The van der Waals surface area contributed by atoms with Crippen molar-refractivity contribution in [2.45, 2.75) is 31.2 Å². The minimum absolute atomic E-state index is 0.0963. The van der Waals surface area contributed by atoms with E-state index in [1.165, 1.54) is 5.56 Å². The zero-order chi connectivity index (χ0) is 18.8. The summed E-state index contributed by atoms with van der Waals surface area (Å²) < 4.78 is 3.41. The smallest absolute Gasteiger partial charge is 0.226 e. The normalized spacial score (nSPS) is 24.7. The highest BCUT2D eigenvalue weighted by Gasteiger charge is 2.47. The van der Waals surface area contributed by atoms with E-state index < -0.39 is 0 Å². The summed E-state index contributed by atoms with van der Waals surface area (Å²) in [4.78, 5) is 15.1. The van der Waals surface area contributed by atoms with Crippen molar-refractivity contribution in [1.29, 1.82) is 0 Å². The zero-order valence-corrected chi connectivity index (χ0v) is 17.1. The molecule has 1 aliphatic carbocycles. The van der Waals surface area contributed by atoms with Crippen LogP contribution in [0.3, 0.4) is 0 Å². The molecule has 142 valence electrons. The number of halogens is 1. The van der Waals surface area contributed by atoms with Gasteiger partial charge < -0.3 is 4.90 Å². The molecule has 1 amide bonds. The van der Waals surface area contributed by atoms with Gasteiger partial charge in [0.05, 0.1) is 0 Å². The molecule has 1 saturated heterocycles. The van der Waals surface area contributed by atoms with Crippen LogP contribution in [0.15, 0.2) is 48.5 Å². The van der Waals surface area contributed by atoms with Crippen LogP contribution in [0.4, 0.5) is 0 Å². The Bertz CT molecular complexity index is 811. The Labute approximate surface area is 170 Å². The lowest BCUT2D eigenvalue weighted by Gasteiger charge is -2.33. The Kier molecular flexibility index (Phi) is 5.76. The number of rotatable bonds is 5. The molecule has 0 radical (unpaired) electrons. The number of benzene rings is 2. The van der Waals surface area contributed by atoms with Crippen molar-refractivity contribution in [1.82, 2.24) is 9.62 Å². The maximum atomic E-state index is 13.1. The Morgan fingerprint density at radius 2 is 2.00 bits per heavy atom. The van der Waals surface area contributed by atoms with Crippen molar-refractivity contribution in [3.63, 3.8) is 0 Å². The number of hydrogen-bond acceptors (Lipinski definition) is 3. The van der Waals surface area contributed by atoms with E-state index in [-0.39, 0.29) is 11.8 Å². The van der Waals surface area contributed by atoms with E-state index in [0.29, 0.717) is 11.9 Å². The average Bonchev–Trinajstić information content (AvgIpc) is 3.49. The first-order valence-electron chi connectivity index (χ1n) is 9.60. The summed E-state index contributed by atoms with van der Waals surface area (Å²) in [5, 5.41) is 0.763. The first kappa shape index (κ1) is 18.9. The number of piperidine rings is 1. The van der Waals surface area contributed by atoms with E-state index in [9.17, 15) is 4.79 Å². The van der Waals surface area contributed by atoms with Gasteiger partial charge in [-0.1, -0.05) is 66.0 Å². The predicted molar refractivity (Wildman–Crippen MR) is 114 cm³/mol. The van der Waals surface area contributed by atoms with Gasteiger partial charge in [-0.2, -0.15) is 0 Å². The van der Waals surface area contributed by atoms with Gasteiger partial charge in [0, 0.05) is 35.6 Å². The predicted octanol–water partition coefficient (Wildman–Crippen LogP) is 4.97. The van der Waals surface area contributed by atoms with Crippen molar-refractivity contribution < 1.29 is 4.79 Å². The molecule has 2 aromatic rings. The molecule has 0 spiro atoms.